The maximum absolute atomic E-state index is 14.1. The van der Waals surface area contributed by atoms with E-state index in [-0.39, 0.29) is 18.3 Å². The third kappa shape index (κ3) is 8.22. The second-order valence-corrected chi connectivity index (χ2v) is 14.0. The first-order valence-corrected chi connectivity index (χ1v) is 15.7. The molecule has 1 unspecified atom stereocenters. The van der Waals surface area contributed by atoms with E-state index < -0.39 is 36.6 Å². The summed E-state index contributed by atoms with van der Waals surface area (Å²) in [7, 11) is -3.82. The molecular weight excluding hydrogens is 537 g/mol. The summed E-state index contributed by atoms with van der Waals surface area (Å²) in [4.78, 5) is 37.4. The molecule has 2 atom stereocenters. The molecular formula is C26H44N7O6P. The Morgan fingerprint density at radius 2 is 1.80 bits per heavy atom. The standard InChI is InChI=1S/C26H44N7O6P/c1-7-8-18-9-11-19(12-10-18)39-24(36)26(5,6)32-40(37,31-25(3,4)23(34)35)16-38-17(2)13-33-15-30-20-21(27)28-14-29-22(20)33/h14-15,17-19H,7-13,16H2,1-6H3,(H,34,35)(H2,27,28,29)(H2,31,32,37)/t17-,18?,19?,40?/m1/s1. The Balaban J connectivity index is 1.68. The molecule has 40 heavy (non-hydrogen) atoms. The molecule has 0 amide bonds. The van der Waals surface area contributed by atoms with Crippen LogP contribution in [0.25, 0.3) is 11.2 Å². The molecule has 1 fully saturated rings. The average Bonchev–Trinajstić information content (AvgIpc) is 3.27. The second-order valence-electron chi connectivity index (χ2n) is 11.8. The molecule has 5 N–H and O–H groups in total. The van der Waals surface area contributed by atoms with Gasteiger partial charge in [-0.3, -0.25) is 14.2 Å². The van der Waals surface area contributed by atoms with Crippen LogP contribution in [0.1, 0.15) is 80.1 Å². The van der Waals surface area contributed by atoms with E-state index >= 15 is 0 Å². The van der Waals surface area contributed by atoms with Crippen molar-refractivity contribution >= 4 is 36.4 Å². The monoisotopic (exact) mass is 581 g/mol. The molecule has 1 aliphatic rings. The van der Waals surface area contributed by atoms with Gasteiger partial charge in [0, 0.05) is 0 Å². The van der Waals surface area contributed by atoms with E-state index in [1.54, 1.807) is 31.7 Å². The van der Waals surface area contributed by atoms with Gasteiger partial charge < -0.3 is 24.9 Å². The summed E-state index contributed by atoms with van der Waals surface area (Å²) in [6.45, 7) is 10.2. The number of aromatic nitrogens is 4. The summed E-state index contributed by atoms with van der Waals surface area (Å²) in [5, 5.41) is 15.3. The van der Waals surface area contributed by atoms with E-state index in [0.29, 0.717) is 23.6 Å². The van der Waals surface area contributed by atoms with Crippen LogP contribution in [0.15, 0.2) is 12.7 Å². The van der Waals surface area contributed by atoms with Crippen LogP contribution in [0.4, 0.5) is 5.82 Å². The highest BCUT2D eigenvalue weighted by molar-refractivity contribution is 7.59. The van der Waals surface area contributed by atoms with Gasteiger partial charge in [-0.15, -0.1) is 0 Å². The van der Waals surface area contributed by atoms with Crippen molar-refractivity contribution in [1.82, 2.24) is 29.7 Å². The van der Waals surface area contributed by atoms with Crippen molar-refractivity contribution in [2.45, 2.75) is 110 Å². The quantitative estimate of drug-likeness (QED) is 0.188. The number of carbonyl (C=O) groups excluding carboxylic acids is 1. The lowest BCUT2D eigenvalue weighted by molar-refractivity contribution is -0.157. The van der Waals surface area contributed by atoms with E-state index in [1.165, 1.54) is 26.6 Å². The van der Waals surface area contributed by atoms with Gasteiger partial charge in [0.2, 0.25) is 7.44 Å². The number of rotatable bonds is 14. The number of aliphatic carboxylic acids is 1. The van der Waals surface area contributed by atoms with Crippen molar-refractivity contribution in [1.29, 1.82) is 0 Å². The molecule has 0 radical (unpaired) electrons. The largest absolute Gasteiger partial charge is 0.480 e. The van der Waals surface area contributed by atoms with Crippen molar-refractivity contribution in [2.24, 2.45) is 5.92 Å². The second kappa shape index (κ2) is 12.9. The zero-order valence-corrected chi connectivity index (χ0v) is 25.2. The third-order valence-electron chi connectivity index (χ3n) is 7.15. The number of hydrogen-bond donors (Lipinski definition) is 4. The van der Waals surface area contributed by atoms with E-state index in [4.69, 9.17) is 15.2 Å². The zero-order valence-electron chi connectivity index (χ0n) is 24.3. The summed E-state index contributed by atoms with van der Waals surface area (Å²) in [6.07, 6.45) is 7.81. The van der Waals surface area contributed by atoms with Crippen molar-refractivity contribution < 1.29 is 28.7 Å². The van der Waals surface area contributed by atoms with Gasteiger partial charge in [0.05, 0.1) is 19.0 Å². The van der Waals surface area contributed by atoms with Gasteiger partial charge in [0.25, 0.3) is 0 Å². The number of carboxylic acids is 1. The molecule has 0 aromatic carbocycles. The minimum atomic E-state index is -3.82. The van der Waals surface area contributed by atoms with Crippen LogP contribution in [0.2, 0.25) is 0 Å². The number of nitrogens with one attached hydrogen (secondary N) is 2. The predicted molar refractivity (Wildman–Crippen MR) is 152 cm³/mol. The van der Waals surface area contributed by atoms with E-state index in [2.05, 4.69) is 32.1 Å². The fraction of sp³-hybridized carbons (Fsp3) is 0.731. The number of hydrogen-bond acceptors (Lipinski definition) is 9. The van der Waals surface area contributed by atoms with Crippen molar-refractivity contribution in [3.05, 3.63) is 12.7 Å². The van der Waals surface area contributed by atoms with Gasteiger partial charge in [-0.2, -0.15) is 0 Å². The van der Waals surface area contributed by atoms with Crippen LogP contribution in [0, 0.1) is 5.92 Å². The number of anilines is 1. The van der Waals surface area contributed by atoms with Crippen molar-refractivity contribution in [3.8, 4) is 0 Å². The van der Waals surface area contributed by atoms with Crippen LogP contribution in [-0.2, 0) is 30.2 Å². The fourth-order valence-corrected chi connectivity index (χ4v) is 7.57. The van der Waals surface area contributed by atoms with Crippen LogP contribution < -0.4 is 15.9 Å². The predicted octanol–water partition coefficient (Wildman–Crippen LogP) is 3.69. The first kappa shape index (κ1) is 31.9. The Labute approximate surface area is 235 Å². The Hall–Kier alpha value is -2.60. The van der Waals surface area contributed by atoms with Crippen LogP contribution >= 0.6 is 7.44 Å². The summed E-state index contributed by atoms with van der Waals surface area (Å²) >= 11 is 0. The van der Waals surface area contributed by atoms with Crippen molar-refractivity contribution in [2.75, 3.05) is 12.1 Å². The minimum absolute atomic E-state index is 0.191. The van der Waals surface area contributed by atoms with Gasteiger partial charge in [-0.1, -0.05) is 19.8 Å². The maximum Gasteiger partial charge on any atom is 0.326 e. The maximum atomic E-state index is 14.1. The number of imidazole rings is 1. The molecule has 0 saturated heterocycles. The van der Waals surface area contributed by atoms with E-state index in [9.17, 15) is 19.3 Å². The highest BCUT2D eigenvalue weighted by Crippen LogP contribution is 2.42. The molecule has 1 saturated carbocycles. The summed E-state index contributed by atoms with van der Waals surface area (Å²) in [5.41, 5.74) is 3.91. The van der Waals surface area contributed by atoms with Gasteiger partial charge in [0.1, 0.15) is 35.4 Å². The molecule has 2 aromatic heterocycles. The lowest BCUT2D eigenvalue weighted by Crippen LogP contribution is -2.54. The highest BCUT2D eigenvalue weighted by atomic mass is 31.2. The summed E-state index contributed by atoms with van der Waals surface area (Å²) in [6, 6.07) is 0. The molecule has 2 heterocycles. The first-order chi connectivity index (χ1) is 18.7. The first-order valence-electron chi connectivity index (χ1n) is 13.8. The normalized spacial score (nSPS) is 20.6. The third-order valence-corrected chi connectivity index (χ3v) is 9.51. The SMILES string of the molecule is CCCC1CCC(OC(=O)C(C)(C)NP(=O)(CO[C@H](C)Cn2cnc3c(N)ncnc32)NC(C)(C)C(=O)O)CC1. The minimum Gasteiger partial charge on any atom is -0.480 e. The number of fused-ring (bicyclic) bond motifs is 1. The lowest BCUT2D eigenvalue weighted by atomic mass is 9.84. The highest BCUT2D eigenvalue weighted by Gasteiger charge is 2.43. The van der Waals surface area contributed by atoms with E-state index in [0.717, 1.165) is 32.1 Å². The average molecular weight is 582 g/mol. The van der Waals surface area contributed by atoms with Gasteiger partial charge in [-0.25, -0.2) is 25.1 Å². The van der Waals surface area contributed by atoms with Gasteiger partial charge in [-0.05, 0) is 66.2 Å². The Bertz CT molecular complexity index is 1230. The van der Waals surface area contributed by atoms with Crippen LogP contribution in [0.5, 0.6) is 0 Å². The Morgan fingerprint density at radius 1 is 1.15 bits per heavy atom. The molecule has 0 bridgehead atoms. The molecule has 224 valence electrons. The van der Waals surface area contributed by atoms with Crippen LogP contribution in [-0.4, -0.2) is 66.2 Å². The molecule has 0 aliphatic heterocycles. The van der Waals surface area contributed by atoms with Gasteiger partial charge in [0.15, 0.2) is 11.5 Å². The van der Waals surface area contributed by atoms with Crippen LogP contribution in [0.3, 0.4) is 0 Å². The molecule has 14 heteroatoms. The van der Waals surface area contributed by atoms with Crippen molar-refractivity contribution in [3.63, 3.8) is 0 Å². The zero-order chi connectivity index (χ0) is 29.7. The lowest BCUT2D eigenvalue weighted by Gasteiger charge is -2.36. The topological polar surface area (TPSA) is 184 Å². The number of nitrogen functional groups attached to an aromatic ring is 1. The van der Waals surface area contributed by atoms with E-state index in [1.807, 2.05) is 0 Å². The molecule has 2 aromatic rings. The number of ether oxygens (including phenoxy) is 2. The smallest absolute Gasteiger partial charge is 0.326 e. The summed E-state index contributed by atoms with van der Waals surface area (Å²) in [5.74, 6) is -0.821. The fourth-order valence-electron chi connectivity index (χ4n) is 4.93. The molecule has 0 spiro atoms. The molecule has 1 aliphatic carbocycles. The number of esters is 1. The number of nitrogens with zero attached hydrogens (tertiary/aromatic N) is 4. The Kier molecular flexibility index (Phi) is 10.3. The number of carboxylic acid groups (broad SMARTS) is 1. The number of nitrogens with two attached hydrogens (primary N) is 1. The Morgan fingerprint density at radius 3 is 2.42 bits per heavy atom. The number of carbonyl (C=O) groups is 2. The summed E-state index contributed by atoms with van der Waals surface area (Å²) < 4.78 is 27.6. The van der Waals surface area contributed by atoms with Gasteiger partial charge >= 0.3 is 11.9 Å². The molecule has 3 rings (SSSR count). The molecule has 13 nitrogen and oxygen atoms in total.